The highest BCUT2D eigenvalue weighted by atomic mass is 16.4. The van der Waals surface area contributed by atoms with Crippen LogP contribution in [0.1, 0.15) is 5.56 Å². The number of benzene rings is 2. The number of hydrogen-bond acceptors (Lipinski definition) is 3. The summed E-state index contributed by atoms with van der Waals surface area (Å²) in [5.74, 6) is 0. The summed E-state index contributed by atoms with van der Waals surface area (Å²) in [6, 6.07) is 11.6. The third-order valence-electron chi connectivity index (χ3n) is 4.12. The van der Waals surface area contributed by atoms with E-state index in [0.717, 1.165) is 28.6 Å². The lowest BCUT2D eigenvalue weighted by Crippen LogP contribution is -2.00. The number of rotatable bonds is 2. The van der Waals surface area contributed by atoms with Gasteiger partial charge in [0, 0.05) is 28.6 Å². The molecule has 0 fully saturated rings. The van der Waals surface area contributed by atoms with E-state index in [4.69, 9.17) is 4.42 Å². The van der Waals surface area contributed by atoms with Gasteiger partial charge in [-0.25, -0.2) is 4.79 Å². The van der Waals surface area contributed by atoms with Gasteiger partial charge in [-0.15, -0.1) is 0 Å². The Balaban J connectivity index is 2.03. The largest absolute Gasteiger partial charge is 0.422 e. The maximum absolute atomic E-state index is 12.3. The zero-order chi connectivity index (χ0) is 15.8. The molecule has 1 aromatic heterocycles. The topological polar surface area (TPSA) is 42.2 Å². The van der Waals surface area contributed by atoms with Crippen molar-refractivity contribution in [2.75, 3.05) is 11.9 Å². The van der Waals surface area contributed by atoms with Crippen LogP contribution in [0.3, 0.4) is 0 Å². The Morgan fingerprint density at radius 1 is 1.09 bits per heavy atom. The minimum atomic E-state index is -0.299. The van der Waals surface area contributed by atoms with E-state index in [9.17, 15) is 4.79 Å². The molecule has 2 heterocycles. The molecule has 0 spiro atoms. The fraction of sp³-hybridized carbons (Fsp3) is 0.0500. The minimum Gasteiger partial charge on any atom is -0.422 e. The number of hydrogen-bond donors (Lipinski definition) is 1. The SMILES string of the molecule is C=C/C=C\C=C1/CNc2cc3c(=O)oc4ccccc4c3cc21. The molecule has 0 saturated carbocycles. The second-order valence-corrected chi connectivity index (χ2v) is 5.50. The first kappa shape index (κ1) is 13.6. The molecule has 0 radical (unpaired) electrons. The Morgan fingerprint density at radius 3 is 2.83 bits per heavy atom. The van der Waals surface area contributed by atoms with Crippen molar-refractivity contribution in [3.63, 3.8) is 0 Å². The van der Waals surface area contributed by atoms with Crippen LogP contribution in [0.5, 0.6) is 0 Å². The van der Waals surface area contributed by atoms with E-state index in [1.165, 1.54) is 5.57 Å². The minimum absolute atomic E-state index is 0.299. The van der Waals surface area contributed by atoms with Crippen LogP contribution in [-0.4, -0.2) is 6.54 Å². The van der Waals surface area contributed by atoms with Crippen molar-refractivity contribution in [1.82, 2.24) is 0 Å². The van der Waals surface area contributed by atoms with Gasteiger partial charge in [0.05, 0.1) is 5.39 Å². The summed E-state index contributed by atoms with van der Waals surface area (Å²) in [6.45, 7) is 4.42. The average Bonchev–Trinajstić information content (AvgIpc) is 2.96. The highest BCUT2D eigenvalue weighted by molar-refractivity contribution is 6.08. The van der Waals surface area contributed by atoms with Gasteiger partial charge in [0.1, 0.15) is 5.58 Å². The quantitative estimate of drug-likeness (QED) is 0.430. The predicted molar refractivity (Wildman–Crippen MR) is 95.8 cm³/mol. The number of para-hydroxylation sites is 1. The van der Waals surface area contributed by atoms with Gasteiger partial charge >= 0.3 is 5.63 Å². The third-order valence-corrected chi connectivity index (χ3v) is 4.12. The molecule has 3 heteroatoms. The molecule has 0 aliphatic carbocycles. The van der Waals surface area contributed by atoms with Crippen LogP contribution in [0.25, 0.3) is 27.3 Å². The molecule has 0 atom stereocenters. The molecule has 112 valence electrons. The Labute approximate surface area is 133 Å². The van der Waals surface area contributed by atoms with E-state index in [0.29, 0.717) is 11.0 Å². The van der Waals surface area contributed by atoms with E-state index in [1.54, 1.807) is 6.08 Å². The highest BCUT2D eigenvalue weighted by Crippen LogP contribution is 2.35. The van der Waals surface area contributed by atoms with Crippen LogP contribution < -0.4 is 10.9 Å². The van der Waals surface area contributed by atoms with E-state index in [-0.39, 0.29) is 5.63 Å². The molecule has 1 aliphatic heterocycles. The Hall–Kier alpha value is -3.07. The second kappa shape index (κ2) is 5.29. The standard InChI is InChI=1S/C20H15NO2/c1-2-3-4-7-13-12-21-18-11-17-16(10-15(13)18)14-8-5-6-9-19(14)23-20(17)22/h2-11,21H,1,12H2/b4-3-,13-7+. The summed E-state index contributed by atoms with van der Waals surface area (Å²) in [4.78, 5) is 12.3. The summed E-state index contributed by atoms with van der Waals surface area (Å²) in [6.07, 6.45) is 7.69. The van der Waals surface area contributed by atoms with Crippen molar-refractivity contribution in [2.24, 2.45) is 0 Å². The third kappa shape index (κ3) is 2.18. The molecule has 0 saturated heterocycles. The van der Waals surface area contributed by atoms with E-state index >= 15 is 0 Å². The summed E-state index contributed by atoms with van der Waals surface area (Å²) in [5, 5.41) is 5.83. The van der Waals surface area contributed by atoms with Gasteiger partial charge < -0.3 is 9.73 Å². The molecule has 3 nitrogen and oxygen atoms in total. The molecule has 23 heavy (non-hydrogen) atoms. The van der Waals surface area contributed by atoms with Crippen molar-refractivity contribution in [3.8, 4) is 0 Å². The molecule has 1 N–H and O–H groups in total. The van der Waals surface area contributed by atoms with Gasteiger partial charge in [-0.2, -0.15) is 0 Å². The lowest BCUT2D eigenvalue weighted by atomic mass is 10.0. The maximum atomic E-state index is 12.3. The van der Waals surface area contributed by atoms with Crippen molar-refractivity contribution < 1.29 is 4.42 Å². The van der Waals surface area contributed by atoms with E-state index in [2.05, 4.69) is 24.0 Å². The zero-order valence-corrected chi connectivity index (χ0v) is 12.5. The van der Waals surface area contributed by atoms with Gasteiger partial charge in [0.25, 0.3) is 0 Å². The number of allylic oxidation sites excluding steroid dienone is 4. The van der Waals surface area contributed by atoms with Crippen LogP contribution >= 0.6 is 0 Å². The summed E-state index contributed by atoms with van der Waals surface area (Å²) in [5.41, 5.74) is 3.61. The normalized spacial score (nSPS) is 15.4. The highest BCUT2D eigenvalue weighted by Gasteiger charge is 2.18. The second-order valence-electron chi connectivity index (χ2n) is 5.50. The summed E-state index contributed by atoms with van der Waals surface area (Å²) in [7, 11) is 0. The van der Waals surface area contributed by atoms with Gasteiger partial charge in [-0.3, -0.25) is 0 Å². The molecule has 4 rings (SSSR count). The predicted octanol–water partition coefficient (Wildman–Crippen LogP) is 4.50. The first-order valence-corrected chi connectivity index (χ1v) is 7.50. The van der Waals surface area contributed by atoms with Crippen molar-refractivity contribution in [3.05, 3.63) is 83.3 Å². The maximum Gasteiger partial charge on any atom is 0.344 e. The van der Waals surface area contributed by atoms with Crippen LogP contribution in [0.4, 0.5) is 5.69 Å². The molecular weight excluding hydrogens is 286 g/mol. The molecule has 3 aromatic rings. The van der Waals surface area contributed by atoms with Gasteiger partial charge in [-0.1, -0.05) is 49.1 Å². The average molecular weight is 301 g/mol. The lowest BCUT2D eigenvalue weighted by molar-refractivity contribution is 0.569. The van der Waals surface area contributed by atoms with Crippen LogP contribution in [-0.2, 0) is 0 Å². The summed E-state index contributed by atoms with van der Waals surface area (Å²) >= 11 is 0. The summed E-state index contributed by atoms with van der Waals surface area (Å²) < 4.78 is 5.42. The molecule has 0 amide bonds. The Morgan fingerprint density at radius 2 is 1.96 bits per heavy atom. The number of fused-ring (bicyclic) bond motifs is 4. The van der Waals surface area contributed by atoms with Crippen LogP contribution in [0, 0.1) is 0 Å². The van der Waals surface area contributed by atoms with Crippen molar-refractivity contribution >= 4 is 33.0 Å². The van der Waals surface area contributed by atoms with Gasteiger partial charge in [0.2, 0.25) is 0 Å². The first-order chi connectivity index (χ1) is 11.3. The van der Waals surface area contributed by atoms with E-state index < -0.39 is 0 Å². The fourth-order valence-corrected chi connectivity index (χ4v) is 3.02. The number of nitrogens with one attached hydrogen (secondary N) is 1. The molecule has 0 unspecified atom stereocenters. The van der Waals surface area contributed by atoms with Crippen LogP contribution in [0.15, 0.2) is 76.5 Å². The smallest absolute Gasteiger partial charge is 0.344 e. The number of anilines is 1. The van der Waals surface area contributed by atoms with Crippen molar-refractivity contribution in [2.45, 2.75) is 0 Å². The van der Waals surface area contributed by atoms with Crippen LogP contribution in [0.2, 0.25) is 0 Å². The van der Waals surface area contributed by atoms with Gasteiger partial charge in [-0.05, 0) is 23.8 Å². The Bertz CT molecular complexity index is 1050. The lowest BCUT2D eigenvalue weighted by Gasteiger charge is -2.06. The molecule has 1 aliphatic rings. The monoisotopic (exact) mass is 301 g/mol. The molecular formula is C20H15NO2. The fourth-order valence-electron chi connectivity index (χ4n) is 3.02. The van der Waals surface area contributed by atoms with Gasteiger partial charge in [0.15, 0.2) is 0 Å². The molecule has 0 bridgehead atoms. The van der Waals surface area contributed by atoms with Crippen molar-refractivity contribution in [1.29, 1.82) is 0 Å². The molecule has 2 aromatic carbocycles. The Kier molecular flexibility index (Phi) is 3.12. The zero-order valence-electron chi connectivity index (χ0n) is 12.5. The first-order valence-electron chi connectivity index (χ1n) is 7.50. The van der Waals surface area contributed by atoms with E-state index in [1.807, 2.05) is 42.5 Å².